The van der Waals surface area contributed by atoms with E-state index in [1.54, 1.807) is 38.2 Å². The van der Waals surface area contributed by atoms with Gasteiger partial charge in [-0.1, -0.05) is 18.2 Å². The maximum absolute atomic E-state index is 12.7. The third kappa shape index (κ3) is 3.85. The fourth-order valence-corrected chi connectivity index (χ4v) is 3.68. The number of aryl methyl sites for hydroxylation is 1. The topological polar surface area (TPSA) is 126 Å². The molecule has 3 aromatic heterocycles. The maximum atomic E-state index is 12.7. The first-order chi connectivity index (χ1) is 16.4. The van der Waals surface area contributed by atoms with Crippen molar-refractivity contribution in [1.29, 1.82) is 0 Å². The highest BCUT2D eigenvalue weighted by molar-refractivity contribution is 5.94. The fourth-order valence-electron chi connectivity index (χ4n) is 3.68. The van der Waals surface area contributed by atoms with Gasteiger partial charge in [-0.2, -0.15) is 9.53 Å². The molecule has 0 saturated heterocycles. The summed E-state index contributed by atoms with van der Waals surface area (Å²) in [4.78, 5) is 18.5. The monoisotopic (exact) mass is 455 g/mol. The largest absolute Gasteiger partial charge is 0.618 e. The third-order valence-electron chi connectivity index (χ3n) is 5.54. The van der Waals surface area contributed by atoms with E-state index >= 15 is 0 Å². The van der Waals surface area contributed by atoms with E-state index in [-0.39, 0.29) is 17.9 Å². The summed E-state index contributed by atoms with van der Waals surface area (Å²) >= 11 is 0. The van der Waals surface area contributed by atoms with Gasteiger partial charge in [-0.25, -0.2) is 4.98 Å². The second-order valence-electron chi connectivity index (χ2n) is 7.89. The normalized spacial score (nSPS) is 11.9. The Morgan fingerprint density at radius 2 is 2.06 bits per heavy atom. The Morgan fingerprint density at radius 3 is 2.85 bits per heavy atom. The Labute approximate surface area is 194 Å². The van der Waals surface area contributed by atoms with Gasteiger partial charge in [0.15, 0.2) is 5.69 Å². The summed E-state index contributed by atoms with van der Waals surface area (Å²) in [5, 5.41) is 28.3. The van der Waals surface area contributed by atoms with Crippen LogP contribution in [0.4, 0.5) is 0 Å². The molecule has 34 heavy (non-hydrogen) atoms. The Balaban J connectivity index is 1.32. The van der Waals surface area contributed by atoms with Crippen LogP contribution in [0.15, 0.2) is 59.0 Å². The van der Waals surface area contributed by atoms with Crippen LogP contribution in [-0.2, 0) is 7.05 Å². The van der Waals surface area contributed by atoms with Crippen molar-refractivity contribution in [1.82, 2.24) is 30.5 Å². The molecule has 0 unspecified atom stereocenters. The van der Waals surface area contributed by atoms with E-state index in [9.17, 15) is 10.0 Å². The number of fused-ring (bicyclic) bond motifs is 2. The lowest BCUT2D eigenvalue weighted by Crippen LogP contribution is -2.37. The highest BCUT2D eigenvalue weighted by Gasteiger charge is 2.20. The first-order valence-corrected chi connectivity index (χ1v) is 10.6. The zero-order valence-electron chi connectivity index (χ0n) is 18.8. The summed E-state index contributed by atoms with van der Waals surface area (Å²) in [7, 11) is 1.72. The van der Waals surface area contributed by atoms with Gasteiger partial charge in [0, 0.05) is 30.5 Å². The molecule has 0 atom stereocenters. The summed E-state index contributed by atoms with van der Waals surface area (Å²) in [5.41, 5.74) is 3.69. The van der Waals surface area contributed by atoms with E-state index in [1.807, 2.05) is 37.3 Å². The summed E-state index contributed by atoms with van der Waals surface area (Å²) in [6, 6.07) is 14.5. The Kier molecular flexibility index (Phi) is 5.25. The standard InChI is InChI=1S/C24H21N7O3/c1-14(21-13-17-12-16(8-9-20(17)34-21)23-27-29-30(3)28-23)10-11-25-24(32)22-15(2)31(33)19-7-5-4-6-18(19)26-22/h4-10,12-13H,11H2,1-3H3,(H,25,32)/b14-10-. The van der Waals surface area contributed by atoms with Crippen LogP contribution in [0.2, 0.25) is 0 Å². The van der Waals surface area contributed by atoms with Gasteiger partial charge in [-0.15, -0.1) is 10.2 Å². The molecule has 2 aromatic carbocycles. The predicted molar refractivity (Wildman–Crippen MR) is 125 cm³/mol. The number of aromatic nitrogens is 6. The number of hydrogen-bond donors (Lipinski definition) is 1. The molecule has 0 saturated carbocycles. The van der Waals surface area contributed by atoms with Crippen LogP contribution in [0.3, 0.4) is 0 Å². The van der Waals surface area contributed by atoms with Gasteiger partial charge >= 0.3 is 0 Å². The van der Waals surface area contributed by atoms with Crippen LogP contribution >= 0.6 is 0 Å². The third-order valence-corrected chi connectivity index (χ3v) is 5.54. The molecule has 0 aliphatic heterocycles. The average molecular weight is 455 g/mol. The second-order valence-corrected chi connectivity index (χ2v) is 7.89. The summed E-state index contributed by atoms with van der Waals surface area (Å²) < 4.78 is 6.69. The van der Waals surface area contributed by atoms with Gasteiger partial charge in [0.05, 0.1) is 7.05 Å². The molecule has 5 aromatic rings. The first-order valence-electron chi connectivity index (χ1n) is 10.6. The Bertz CT molecular complexity index is 1580. The molecule has 10 heteroatoms. The van der Waals surface area contributed by atoms with E-state index < -0.39 is 5.91 Å². The number of carbonyl (C=O) groups is 1. The number of furan rings is 1. The van der Waals surface area contributed by atoms with E-state index in [1.165, 1.54) is 4.80 Å². The number of carbonyl (C=O) groups excluding carboxylic acids is 1. The molecule has 1 N–H and O–H groups in total. The number of benzene rings is 2. The molecule has 10 nitrogen and oxygen atoms in total. The molecule has 0 bridgehead atoms. The number of rotatable bonds is 5. The lowest BCUT2D eigenvalue weighted by Gasteiger charge is -2.09. The summed E-state index contributed by atoms with van der Waals surface area (Å²) in [6.07, 6.45) is 1.85. The van der Waals surface area contributed by atoms with E-state index in [4.69, 9.17) is 4.42 Å². The van der Waals surface area contributed by atoms with Crippen molar-refractivity contribution in [2.24, 2.45) is 7.05 Å². The smallest absolute Gasteiger partial charge is 0.276 e. The number of para-hydroxylation sites is 2. The molecular weight excluding hydrogens is 434 g/mol. The molecule has 0 radical (unpaired) electrons. The van der Waals surface area contributed by atoms with Crippen LogP contribution in [0.25, 0.3) is 39.0 Å². The summed E-state index contributed by atoms with van der Waals surface area (Å²) in [5.74, 6) is 0.813. The highest BCUT2D eigenvalue weighted by Crippen LogP contribution is 2.27. The minimum atomic E-state index is -0.414. The minimum Gasteiger partial charge on any atom is -0.618 e. The van der Waals surface area contributed by atoms with Crippen molar-refractivity contribution in [2.75, 3.05) is 6.54 Å². The van der Waals surface area contributed by atoms with Crippen LogP contribution in [0.5, 0.6) is 0 Å². The zero-order chi connectivity index (χ0) is 23.8. The van der Waals surface area contributed by atoms with E-state index in [0.29, 0.717) is 22.6 Å². The SMILES string of the molecule is C/C(=C/CNC(=O)c1nc2ccccc2[n+]([O-])c1C)c1cc2cc(-c3nnn(C)n3)ccc2o1. The van der Waals surface area contributed by atoms with Gasteiger partial charge in [-0.05, 0) is 48.0 Å². The number of hydrogen-bond acceptors (Lipinski definition) is 7. The first kappa shape index (κ1) is 21.3. The molecule has 170 valence electrons. The Morgan fingerprint density at radius 1 is 1.24 bits per heavy atom. The van der Waals surface area contributed by atoms with Crippen molar-refractivity contribution < 1.29 is 13.9 Å². The molecule has 3 heterocycles. The average Bonchev–Trinajstić information content (AvgIpc) is 3.47. The van der Waals surface area contributed by atoms with Crippen molar-refractivity contribution in [3.63, 3.8) is 0 Å². The molecule has 1 amide bonds. The van der Waals surface area contributed by atoms with Crippen molar-refractivity contribution in [3.05, 3.63) is 77.0 Å². The van der Waals surface area contributed by atoms with Crippen LogP contribution in [-0.4, -0.2) is 37.6 Å². The maximum Gasteiger partial charge on any atom is 0.276 e. The molecule has 0 aliphatic rings. The number of allylic oxidation sites excluding steroid dienone is 1. The van der Waals surface area contributed by atoms with Gasteiger partial charge in [0.1, 0.15) is 16.9 Å². The van der Waals surface area contributed by atoms with Gasteiger partial charge < -0.3 is 14.9 Å². The lowest BCUT2D eigenvalue weighted by molar-refractivity contribution is -0.584. The minimum absolute atomic E-state index is 0.105. The van der Waals surface area contributed by atoms with Crippen LogP contribution in [0, 0.1) is 12.1 Å². The zero-order valence-corrected chi connectivity index (χ0v) is 18.8. The number of nitrogens with one attached hydrogen (secondary N) is 1. The number of tetrazole rings is 1. The Hall–Kier alpha value is -4.60. The van der Waals surface area contributed by atoms with Crippen molar-refractivity contribution >= 4 is 33.5 Å². The van der Waals surface area contributed by atoms with Crippen LogP contribution < -0.4 is 10.0 Å². The molecular formula is C24H21N7O3. The quantitative estimate of drug-likeness (QED) is 0.319. The fraction of sp³-hybridized carbons (Fsp3) is 0.167. The number of nitrogens with zero attached hydrogens (tertiary/aromatic N) is 6. The highest BCUT2D eigenvalue weighted by atomic mass is 16.5. The molecule has 0 aliphatic carbocycles. The molecule has 0 spiro atoms. The van der Waals surface area contributed by atoms with Crippen molar-refractivity contribution in [3.8, 4) is 11.4 Å². The van der Waals surface area contributed by atoms with Gasteiger partial charge in [0.2, 0.25) is 17.0 Å². The van der Waals surface area contributed by atoms with Crippen LogP contribution in [0.1, 0.15) is 28.9 Å². The van der Waals surface area contributed by atoms with Gasteiger partial charge in [-0.3, -0.25) is 4.79 Å². The lowest BCUT2D eigenvalue weighted by atomic mass is 10.1. The second kappa shape index (κ2) is 8.39. The van der Waals surface area contributed by atoms with E-state index in [0.717, 1.165) is 26.8 Å². The van der Waals surface area contributed by atoms with Gasteiger partial charge in [0.25, 0.3) is 5.91 Å². The molecule has 0 fully saturated rings. The predicted octanol–water partition coefficient (Wildman–Crippen LogP) is 2.95. The van der Waals surface area contributed by atoms with Crippen molar-refractivity contribution in [2.45, 2.75) is 13.8 Å². The molecule has 5 rings (SSSR count). The summed E-state index contributed by atoms with van der Waals surface area (Å²) in [6.45, 7) is 3.74. The van der Waals surface area contributed by atoms with E-state index in [2.05, 4.69) is 25.7 Å². The number of amides is 1.